The Bertz CT molecular complexity index is 309. The first-order valence-corrected chi connectivity index (χ1v) is 4.22. The molecule has 2 unspecified atom stereocenters. The summed E-state index contributed by atoms with van der Waals surface area (Å²) in [5, 5.41) is 19.1. The number of carbonyl (C=O) groups is 2. The number of hydrogen-bond acceptors (Lipinski definition) is 4. The minimum absolute atomic E-state index is 0.117. The third kappa shape index (κ3) is 1.50. The summed E-state index contributed by atoms with van der Waals surface area (Å²) in [6, 6.07) is 0. The molecule has 0 aromatic carbocycles. The molecule has 0 aliphatic heterocycles. The molecule has 13 heavy (non-hydrogen) atoms. The van der Waals surface area contributed by atoms with Gasteiger partial charge in [0.15, 0.2) is 23.8 Å². The Morgan fingerprint density at radius 2 is 1.77 bits per heavy atom. The minimum atomic E-state index is -2.19. The molecule has 4 nitrogen and oxygen atoms in total. The third-order valence-electron chi connectivity index (χ3n) is 1.86. The first-order valence-electron chi connectivity index (χ1n) is 3.42. The van der Waals surface area contributed by atoms with Crippen molar-refractivity contribution >= 4 is 28.5 Å². The Morgan fingerprint density at radius 1 is 1.23 bits per heavy atom. The molecule has 1 rings (SSSR count). The summed E-state index contributed by atoms with van der Waals surface area (Å²) < 4.78 is 0.425. The Labute approximate surface area is 82.7 Å². The van der Waals surface area contributed by atoms with Crippen LogP contribution in [0.15, 0.2) is 22.7 Å². The highest BCUT2D eigenvalue weighted by Gasteiger charge is 2.48. The molecule has 70 valence electrons. The average Bonchev–Trinajstić information content (AvgIpc) is 2.12. The van der Waals surface area contributed by atoms with Gasteiger partial charge in [0.1, 0.15) is 0 Å². The van der Waals surface area contributed by atoms with E-state index in [2.05, 4.69) is 15.9 Å². The number of allylic oxidation sites excluding steroid dienone is 2. The van der Waals surface area contributed by atoms with E-state index in [0.29, 0.717) is 4.48 Å². The van der Waals surface area contributed by atoms with Gasteiger partial charge < -0.3 is 10.2 Å². The SMILES string of the molecule is O=CC1(O)C=CC(Br)=CC1(O)C=O. The Kier molecular flexibility index (Phi) is 2.51. The standard InChI is InChI=1S/C8H7BrO4/c9-6-1-2-7(12,4-10)8(13,3-6)5-11/h1-5,12-13H. The Morgan fingerprint density at radius 3 is 2.23 bits per heavy atom. The second kappa shape index (κ2) is 3.17. The van der Waals surface area contributed by atoms with Crippen LogP contribution in [0, 0.1) is 0 Å². The Hall–Kier alpha value is -0.780. The molecule has 0 aromatic heterocycles. The van der Waals surface area contributed by atoms with Crippen LogP contribution in [0.2, 0.25) is 0 Å². The molecule has 0 heterocycles. The van der Waals surface area contributed by atoms with Crippen molar-refractivity contribution in [1.29, 1.82) is 0 Å². The lowest BCUT2D eigenvalue weighted by Crippen LogP contribution is -2.55. The first kappa shape index (κ1) is 10.3. The van der Waals surface area contributed by atoms with Gasteiger partial charge in [-0.1, -0.05) is 15.9 Å². The van der Waals surface area contributed by atoms with E-state index in [1.165, 1.54) is 6.08 Å². The molecule has 0 bridgehead atoms. The van der Waals surface area contributed by atoms with Gasteiger partial charge in [-0.15, -0.1) is 0 Å². The fourth-order valence-electron chi connectivity index (χ4n) is 0.976. The smallest absolute Gasteiger partial charge is 0.178 e. The summed E-state index contributed by atoms with van der Waals surface area (Å²) in [7, 11) is 0. The zero-order chi connectivity index (χ0) is 10.1. The molecule has 5 heteroatoms. The monoisotopic (exact) mass is 246 g/mol. The van der Waals surface area contributed by atoms with Crippen molar-refractivity contribution in [3.8, 4) is 0 Å². The van der Waals surface area contributed by atoms with Gasteiger partial charge >= 0.3 is 0 Å². The topological polar surface area (TPSA) is 74.6 Å². The molecule has 0 amide bonds. The van der Waals surface area contributed by atoms with Gasteiger partial charge in [-0.05, 0) is 18.2 Å². The summed E-state index contributed by atoms with van der Waals surface area (Å²) >= 11 is 3.01. The Balaban J connectivity index is 3.23. The number of hydrogen-bond donors (Lipinski definition) is 2. The molecular weight excluding hydrogens is 240 g/mol. The zero-order valence-electron chi connectivity index (χ0n) is 6.48. The van der Waals surface area contributed by atoms with E-state index in [1.54, 1.807) is 0 Å². The van der Waals surface area contributed by atoms with Crippen LogP contribution < -0.4 is 0 Å². The number of rotatable bonds is 2. The van der Waals surface area contributed by atoms with Crippen LogP contribution in [-0.4, -0.2) is 34.0 Å². The normalized spacial score (nSPS) is 38.2. The molecule has 2 atom stereocenters. The summed E-state index contributed by atoms with van der Waals surface area (Å²) in [4.78, 5) is 21.0. The van der Waals surface area contributed by atoms with Crippen molar-refractivity contribution in [2.45, 2.75) is 11.2 Å². The molecular formula is C8H7BrO4. The van der Waals surface area contributed by atoms with Crippen LogP contribution in [0.25, 0.3) is 0 Å². The number of halogens is 1. The van der Waals surface area contributed by atoms with Crippen LogP contribution >= 0.6 is 15.9 Å². The highest BCUT2D eigenvalue weighted by atomic mass is 79.9. The average molecular weight is 247 g/mol. The maximum Gasteiger partial charge on any atom is 0.178 e. The van der Waals surface area contributed by atoms with Gasteiger partial charge in [-0.25, -0.2) is 0 Å². The lowest BCUT2D eigenvalue weighted by Gasteiger charge is -2.33. The van der Waals surface area contributed by atoms with E-state index in [0.717, 1.165) is 12.2 Å². The molecule has 0 saturated carbocycles. The van der Waals surface area contributed by atoms with E-state index in [4.69, 9.17) is 0 Å². The van der Waals surface area contributed by atoms with Gasteiger partial charge in [0.05, 0.1) is 0 Å². The molecule has 1 aliphatic rings. The predicted octanol–water partition coefficient (Wildman–Crippen LogP) is -0.305. The number of carbonyl (C=O) groups excluding carboxylic acids is 2. The van der Waals surface area contributed by atoms with E-state index < -0.39 is 11.2 Å². The van der Waals surface area contributed by atoms with Crippen LogP contribution in [0.1, 0.15) is 0 Å². The van der Waals surface area contributed by atoms with Crippen LogP contribution in [0.5, 0.6) is 0 Å². The highest BCUT2D eigenvalue weighted by Crippen LogP contribution is 2.30. The van der Waals surface area contributed by atoms with Crippen molar-refractivity contribution in [2.75, 3.05) is 0 Å². The van der Waals surface area contributed by atoms with E-state index in [9.17, 15) is 19.8 Å². The van der Waals surface area contributed by atoms with Crippen molar-refractivity contribution in [1.82, 2.24) is 0 Å². The van der Waals surface area contributed by atoms with Crippen LogP contribution in [-0.2, 0) is 9.59 Å². The van der Waals surface area contributed by atoms with Gasteiger partial charge in [0.2, 0.25) is 0 Å². The van der Waals surface area contributed by atoms with Gasteiger partial charge in [-0.2, -0.15) is 0 Å². The van der Waals surface area contributed by atoms with Gasteiger partial charge in [0, 0.05) is 4.48 Å². The van der Waals surface area contributed by atoms with Crippen molar-refractivity contribution in [3.63, 3.8) is 0 Å². The summed E-state index contributed by atoms with van der Waals surface area (Å²) in [5.74, 6) is 0. The first-order chi connectivity index (χ1) is 5.97. The van der Waals surface area contributed by atoms with Crippen LogP contribution in [0.4, 0.5) is 0 Å². The molecule has 2 N–H and O–H groups in total. The zero-order valence-corrected chi connectivity index (χ0v) is 8.06. The van der Waals surface area contributed by atoms with Crippen molar-refractivity contribution < 1.29 is 19.8 Å². The molecule has 0 fully saturated rings. The highest BCUT2D eigenvalue weighted by molar-refractivity contribution is 9.11. The molecule has 0 saturated heterocycles. The quantitative estimate of drug-likeness (QED) is 0.656. The van der Waals surface area contributed by atoms with Gasteiger partial charge in [0.25, 0.3) is 0 Å². The van der Waals surface area contributed by atoms with E-state index >= 15 is 0 Å². The fourth-order valence-corrected chi connectivity index (χ4v) is 1.46. The van der Waals surface area contributed by atoms with Gasteiger partial charge in [-0.3, -0.25) is 9.59 Å². The van der Waals surface area contributed by atoms with Crippen molar-refractivity contribution in [3.05, 3.63) is 22.7 Å². The summed E-state index contributed by atoms with van der Waals surface area (Å²) in [6.07, 6.45) is 3.74. The predicted molar refractivity (Wildman–Crippen MR) is 48.2 cm³/mol. The minimum Gasteiger partial charge on any atom is -0.375 e. The third-order valence-corrected chi connectivity index (χ3v) is 2.35. The summed E-state index contributed by atoms with van der Waals surface area (Å²) in [6.45, 7) is 0. The van der Waals surface area contributed by atoms with Crippen molar-refractivity contribution in [2.24, 2.45) is 0 Å². The number of aldehydes is 2. The van der Waals surface area contributed by atoms with E-state index in [-0.39, 0.29) is 12.6 Å². The second-order valence-corrected chi connectivity index (χ2v) is 3.66. The fraction of sp³-hybridized carbons (Fsp3) is 0.250. The second-order valence-electron chi connectivity index (χ2n) is 2.75. The van der Waals surface area contributed by atoms with Crippen LogP contribution in [0.3, 0.4) is 0 Å². The molecule has 0 spiro atoms. The summed E-state index contributed by atoms with van der Waals surface area (Å²) in [5.41, 5.74) is -4.37. The molecule has 0 radical (unpaired) electrons. The van der Waals surface area contributed by atoms with E-state index in [1.807, 2.05) is 0 Å². The molecule has 0 aromatic rings. The maximum absolute atomic E-state index is 10.5. The number of aliphatic hydroxyl groups is 2. The lowest BCUT2D eigenvalue weighted by atomic mass is 9.82. The molecule has 1 aliphatic carbocycles. The lowest BCUT2D eigenvalue weighted by molar-refractivity contribution is -0.148. The maximum atomic E-state index is 10.5. The largest absolute Gasteiger partial charge is 0.375 e.